The first kappa shape index (κ1) is 20.0. The Kier molecular flexibility index (Phi) is 7.69. The van der Waals surface area contributed by atoms with Gasteiger partial charge in [-0.2, -0.15) is 0 Å². The van der Waals surface area contributed by atoms with Crippen molar-refractivity contribution in [3.63, 3.8) is 0 Å². The van der Waals surface area contributed by atoms with Gasteiger partial charge in [-0.15, -0.1) is 0 Å². The highest BCUT2D eigenvalue weighted by Gasteiger charge is 2.39. The molecular weight excluding hydrogens is 334 g/mol. The van der Waals surface area contributed by atoms with E-state index in [9.17, 15) is 19.8 Å². The molecule has 1 heterocycles. The van der Waals surface area contributed by atoms with Crippen molar-refractivity contribution in [1.29, 1.82) is 0 Å². The number of unbranched alkanes of at least 4 members (excludes halogenated alkanes) is 1. The third kappa shape index (κ3) is 5.89. The van der Waals surface area contributed by atoms with E-state index < -0.39 is 24.1 Å². The highest BCUT2D eigenvalue weighted by Crippen LogP contribution is 2.34. The van der Waals surface area contributed by atoms with Crippen molar-refractivity contribution in [3.05, 3.63) is 54.4 Å². The summed E-state index contributed by atoms with van der Waals surface area (Å²) >= 11 is 0. The zero-order valence-corrected chi connectivity index (χ0v) is 14.6. The van der Waals surface area contributed by atoms with Gasteiger partial charge in [0.05, 0.1) is 11.8 Å². The van der Waals surface area contributed by atoms with Gasteiger partial charge >= 0.3 is 5.97 Å². The van der Waals surface area contributed by atoms with E-state index in [1.807, 2.05) is 12.2 Å². The molecule has 1 aliphatic rings. The molecule has 0 spiro atoms. The summed E-state index contributed by atoms with van der Waals surface area (Å²) in [6, 6.07) is 5.25. The quantitative estimate of drug-likeness (QED) is 0.462. The Morgan fingerprint density at radius 3 is 2.85 bits per heavy atom. The number of hydrogen-bond acceptors (Lipinski definition) is 5. The Balaban J connectivity index is 1.92. The van der Waals surface area contributed by atoms with Gasteiger partial charge < -0.3 is 15.3 Å². The molecule has 6 nitrogen and oxygen atoms in total. The lowest BCUT2D eigenvalue weighted by molar-refractivity contribution is -0.137. The van der Waals surface area contributed by atoms with Crippen LogP contribution in [0.2, 0.25) is 0 Å². The van der Waals surface area contributed by atoms with Gasteiger partial charge in [0, 0.05) is 30.9 Å². The zero-order chi connectivity index (χ0) is 18.9. The molecule has 0 bridgehead atoms. The molecule has 1 unspecified atom stereocenters. The number of nitrogens with zero attached hydrogens (tertiary/aromatic N) is 1. The number of hydrogen-bond donors (Lipinski definition) is 3. The first-order chi connectivity index (χ1) is 12.5. The van der Waals surface area contributed by atoms with Crippen molar-refractivity contribution in [3.8, 4) is 0 Å². The summed E-state index contributed by atoms with van der Waals surface area (Å²) in [6.07, 6.45) is 9.00. The van der Waals surface area contributed by atoms with Gasteiger partial charge in [-0.3, -0.25) is 14.6 Å². The molecule has 26 heavy (non-hydrogen) atoms. The molecule has 140 valence electrons. The number of pyridine rings is 1. The standard InChI is InChI=1S/C20H25NO5/c22-17(16-8-5-6-12-21-16)11-10-15-14(18(23)13-19(15)24)7-3-1-2-4-9-20(25)26/h1,3,5-6,8,10-12,14-15,17-18,22-23H,2,4,7,9,13H2,(H,25,26)/t14-,15-,17?,18+/m1/s1. The largest absolute Gasteiger partial charge is 0.481 e. The molecule has 3 N–H and O–H groups in total. The molecule has 4 atom stereocenters. The molecule has 1 aliphatic carbocycles. The van der Waals surface area contributed by atoms with Crippen molar-refractivity contribution < 1.29 is 24.9 Å². The number of aliphatic hydroxyl groups excluding tert-OH is 2. The Hall–Kier alpha value is -2.31. The van der Waals surface area contributed by atoms with Crippen LogP contribution in [0.25, 0.3) is 0 Å². The predicted molar refractivity (Wildman–Crippen MR) is 96.2 cm³/mol. The molecule has 0 radical (unpaired) electrons. The summed E-state index contributed by atoms with van der Waals surface area (Å²) in [5.74, 6) is -1.52. The number of aliphatic carboxylic acids is 1. The lowest BCUT2D eigenvalue weighted by Crippen LogP contribution is -2.18. The SMILES string of the molecule is O=C(O)CCCC=CC[C@H]1[C@@H](O)CC(=O)[C@@H]1C=CC(O)c1ccccn1. The van der Waals surface area contributed by atoms with E-state index in [0.29, 0.717) is 25.0 Å². The second-order valence-corrected chi connectivity index (χ2v) is 6.50. The molecule has 0 saturated heterocycles. The van der Waals surface area contributed by atoms with Crippen molar-refractivity contribution in [2.45, 2.75) is 44.3 Å². The predicted octanol–water partition coefficient (Wildman–Crippen LogP) is 2.44. The number of Topliss-reactive ketones (excluding diaryl/α,β-unsaturated/α-hetero) is 1. The normalized spacial score (nSPS) is 24.5. The molecule has 6 heteroatoms. The number of ketones is 1. The third-order valence-electron chi connectivity index (χ3n) is 4.57. The number of aromatic nitrogens is 1. The topological polar surface area (TPSA) is 108 Å². The van der Waals surface area contributed by atoms with Crippen molar-refractivity contribution in [1.82, 2.24) is 4.98 Å². The fourth-order valence-corrected chi connectivity index (χ4v) is 3.14. The van der Waals surface area contributed by atoms with Crippen LogP contribution >= 0.6 is 0 Å². The summed E-state index contributed by atoms with van der Waals surface area (Å²) < 4.78 is 0. The number of carbonyl (C=O) groups is 2. The molecule has 1 aromatic rings. The first-order valence-corrected chi connectivity index (χ1v) is 8.84. The van der Waals surface area contributed by atoms with E-state index in [-0.39, 0.29) is 24.5 Å². The molecule has 1 fully saturated rings. The number of allylic oxidation sites excluding steroid dienone is 3. The van der Waals surface area contributed by atoms with Crippen LogP contribution in [0.15, 0.2) is 48.7 Å². The van der Waals surface area contributed by atoms with Gasteiger partial charge in [0.1, 0.15) is 11.9 Å². The van der Waals surface area contributed by atoms with Crippen molar-refractivity contribution >= 4 is 11.8 Å². The van der Waals surface area contributed by atoms with E-state index in [1.54, 1.807) is 36.5 Å². The number of aliphatic hydroxyl groups is 2. The van der Waals surface area contributed by atoms with E-state index >= 15 is 0 Å². The maximum absolute atomic E-state index is 12.2. The molecular formula is C20H25NO5. The molecule has 1 aromatic heterocycles. The monoisotopic (exact) mass is 359 g/mol. The maximum Gasteiger partial charge on any atom is 0.303 e. The van der Waals surface area contributed by atoms with E-state index in [1.165, 1.54) is 0 Å². The van der Waals surface area contributed by atoms with Crippen LogP contribution in [0, 0.1) is 11.8 Å². The average molecular weight is 359 g/mol. The Morgan fingerprint density at radius 1 is 1.35 bits per heavy atom. The van der Waals surface area contributed by atoms with Crippen LogP contribution in [-0.4, -0.2) is 38.2 Å². The van der Waals surface area contributed by atoms with E-state index in [0.717, 1.165) is 0 Å². The highest BCUT2D eigenvalue weighted by atomic mass is 16.4. The highest BCUT2D eigenvalue weighted by molar-refractivity contribution is 5.86. The molecule has 0 amide bonds. The van der Waals surface area contributed by atoms with Gasteiger partial charge in [0.25, 0.3) is 0 Å². The summed E-state index contributed by atoms with van der Waals surface area (Å²) in [5.41, 5.74) is 0.504. The van der Waals surface area contributed by atoms with Crippen LogP contribution in [0.3, 0.4) is 0 Å². The third-order valence-corrected chi connectivity index (χ3v) is 4.57. The van der Waals surface area contributed by atoms with Gasteiger partial charge in [-0.1, -0.05) is 30.4 Å². The first-order valence-electron chi connectivity index (χ1n) is 8.84. The Morgan fingerprint density at radius 2 is 2.15 bits per heavy atom. The molecule has 0 aliphatic heterocycles. The second-order valence-electron chi connectivity index (χ2n) is 6.50. The Labute approximate surface area is 152 Å². The number of carbonyl (C=O) groups excluding carboxylic acids is 1. The minimum Gasteiger partial charge on any atom is -0.481 e. The van der Waals surface area contributed by atoms with E-state index in [4.69, 9.17) is 5.11 Å². The summed E-state index contributed by atoms with van der Waals surface area (Å²) in [4.78, 5) is 26.7. The summed E-state index contributed by atoms with van der Waals surface area (Å²) in [7, 11) is 0. The van der Waals surface area contributed by atoms with Gasteiger partial charge in [-0.25, -0.2) is 0 Å². The maximum atomic E-state index is 12.2. The fraction of sp³-hybridized carbons (Fsp3) is 0.450. The average Bonchev–Trinajstić information content (AvgIpc) is 2.89. The lowest BCUT2D eigenvalue weighted by atomic mass is 9.90. The van der Waals surface area contributed by atoms with Crippen LogP contribution in [0.5, 0.6) is 0 Å². The van der Waals surface area contributed by atoms with Gasteiger partial charge in [0.2, 0.25) is 0 Å². The van der Waals surface area contributed by atoms with Crippen LogP contribution in [-0.2, 0) is 9.59 Å². The minimum atomic E-state index is -0.894. The smallest absolute Gasteiger partial charge is 0.303 e. The van der Waals surface area contributed by atoms with Gasteiger partial charge in [0.15, 0.2) is 0 Å². The minimum absolute atomic E-state index is 0.0359. The van der Waals surface area contributed by atoms with Crippen LogP contribution in [0.1, 0.15) is 43.9 Å². The van der Waals surface area contributed by atoms with Crippen molar-refractivity contribution in [2.24, 2.45) is 11.8 Å². The van der Waals surface area contributed by atoms with Crippen LogP contribution < -0.4 is 0 Å². The molecule has 0 aromatic carbocycles. The lowest BCUT2D eigenvalue weighted by Gasteiger charge is -2.17. The molecule has 2 rings (SSSR count). The van der Waals surface area contributed by atoms with E-state index in [2.05, 4.69) is 4.98 Å². The fourth-order valence-electron chi connectivity index (χ4n) is 3.14. The number of carboxylic acids is 1. The van der Waals surface area contributed by atoms with Crippen LogP contribution in [0.4, 0.5) is 0 Å². The molecule has 1 saturated carbocycles. The van der Waals surface area contributed by atoms with Crippen molar-refractivity contribution in [2.75, 3.05) is 0 Å². The number of rotatable bonds is 9. The summed E-state index contributed by atoms with van der Waals surface area (Å²) in [6.45, 7) is 0. The summed E-state index contributed by atoms with van der Waals surface area (Å²) in [5, 5.41) is 28.9. The second kappa shape index (κ2) is 9.99. The zero-order valence-electron chi connectivity index (χ0n) is 14.6. The van der Waals surface area contributed by atoms with Gasteiger partial charge in [-0.05, 0) is 31.4 Å². The Bertz CT molecular complexity index is 655. The number of carboxylic acid groups (broad SMARTS) is 1.